The number of carbonyl (C=O) groups excluding carboxylic acids is 3. The molecule has 0 bridgehead atoms. The number of esters is 2. The second-order valence-corrected chi connectivity index (χ2v) is 7.13. The Labute approximate surface area is 172 Å². The summed E-state index contributed by atoms with van der Waals surface area (Å²) in [7, 11) is 0. The number of ether oxygens (including phenoxy) is 3. The molecule has 0 aliphatic carbocycles. The van der Waals surface area contributed by atoms with E-state index in [-0.39, 0.29) is 17.8 Å². The molecule has 7 heteroatoms. The van der Waals surface area contributed by atoms with E-state index in [1.165, 1.54) is 0 Å². The number of piperidine rings is 1. The Hall–Kier alpha value is -2.57. The number of likely N-dealkylation sites (tertiary alicyclic amines) is 1. The molecular weight excluding hydrogens is 374 g/mol. The highest BCUT2D eigenvalue weighted by molar-refractivity contribution is 5.92. The van der Waals surface area contributed by atoms with Crippen LogP contribution in [0.2, 0.25) is 0 Å². The van der Waals surface area contributed by atoms with Gasteiger partial charge in [-0.2, -0.15) is 0 Å². The average molecular weight is 405 g/mol. The van der Waals surface area contributed by atoms with Gasteiger partial charge < -0.3 is 19.1 Å². The molecule has 1 saturated heterocycles. The van der Waals surface area contributed by atoms with E-state index >= 15 is 0 Å². The van der Waals surface area contributed by atoms with Crippen LogP contribution in [0.5, 0.6) is 5.75 Å². The molecule has 1 unspecified atom stereocenters. The van der Waals surface area contributed by atoms with Crippen molar-refractivity contribution >= 4 is 17.8 Å². The molecule has 1 fully saturated rings. The Morgan fingerprint density at radius 1 is 1.10 bits per heavy atom. The second kappa shape index (κ2) is 11.4. The van der Waals surface area contributed by atoms with Gasteiger partial charge in [-0.05, 0) is 57.4 Å². The molecule has 1 aliphatic rings. The number of amides is 1. The highest BCUT2D eigenvalue weighted by Crippen LogP contribution is 2.20. The van der Waals surface area contributed by atoms with E-state index in [0.717, 1.165) is 12.8 Å². The van der Waals surface area contributed by atoms with E-state index in [1.807, 2.05) is 0 Å². The van der Waals surface area contributed by atoms with Gasteiger partial charge in [0.25, 0.3) is 5.91 Å². The zero-order chi connectivity index (χ0) is 21.2. The lowest BCUT2D eigenvalue weighted by Crippen LogP contribution is -2.45. The molecule has 29 heavy (non-hydrogen) atoms. The summed E-state index contributed by atoms with van der Waals surface area (Å²) < 4.78 is 16.0. The van der Waals surface area contributed by atoms with Crippen LogP contribution in [0.1, 0.15) is 56.8 Å². The topological polar surface area (TPSA) is 82.1 Å². The van der Waals surface area contributed by atoms with Crippen molar-refractivity contribution in [2.45, 2.75) is 52.6 Å². The number of rotatable bonds is 9. The minimum Gasteiger partial charge on any atom is -0.494 e. The highest BCUT2D eigenvalue weighted by atomic mass is 16.5. The fourth-order valence-corrected chi connectivity index (χ4v) is 3.15. The molecule has 1 aromatic carbocycles. The van der Waals surface area contributed by atoms with E-state index in [1.54, 1.807) is 43.0 Å². The van der Waals surface area contributed by atoms with Gasteiger partial charge in [0.15, 0.2) is 6.10 Å². The van der Waals surface area contributed by atoms with Gasteiger partial charge in [0.2, 0.25) is 0 Å². The zero-order valence-electron chi connectivity index (χ0n) is 17.5. The predicted octanol–water partition coefficient (Wildman–Crippen LogP) is 3.21. The first-order valence-electron chi connectivity index (χ1n) is 10.4. The van der Waals surface area contributed by atoms with Crippen LogP contribution < -0.4 is 4.74 Å². The SMILES string of the molecule is CCCCOc1ccc(C(=O)OC(C)C(=O)N2CCC(C(=O)OCC)CC2)cc1. The van der Waals surface area contributed by atoms with Gasteiger partial charge in [-0.3, -0.25) is 9.59 Å². The van der Waals surface area contributed by atoms with Crippen LogP contribution in [0.25, 0.3) is 0 Å². The maximum Gasteiger partial charge on any atom is 0.338 e. The maximum absolute atomic E-state index is 12.6. The molecule has 1 aromatic rings. The molecule has 7 nitrogen and oxygen atoms in total. The number of carbonyl (C=O) groups is 3. The molecule has 0 saturated carbocycles. The van der Waals surface area contributed by atoms with Gasteiger partial charge in [0.1, 0.15) is 5.75 Å². The standard InChI is InChI=1S/C22H31NO6/c1-4-6-15-28-19-9-7-17(8-10-19)22(26)29-16(3)20(24)23-13-11-18(12-14-23)21(25)27-5-2/h7-10,16,18H,4-6,11-15H2,1-3H3. The summed E-state index contributed by atoms with van der Waals surface area (Å²) in [5, 5.41) is 0. The van der Waals surface area contributed by atoms with Gasteiger partial charge >= 0.3 is 11.9 Å². The van der Waals surface area contributed by atoms with Crippen LogP contribution in [0, 0.1) is 5.92 Å². The number of nitrogens with zero attached hydrogens (tertiary/aromatic N) is 1. The summed E-state index contributed by atoms with van der Waals surface area (Å²) >= 11 is 0. The number of unbranched alkanes of at least 4 members (excludes halogenated alkanes) is 1. The smallest absolute Gasteiger partial charge is 0.338 e. The summed E-state index contributed by atoms with van der Waals surface area (Å²) in [5.74, 6) is -0.479. The first-order valence-corrected chi connectivity index (χ1v) is 10.4. The van der Waals surface area contributed by atoms with Crippen molar-refractivity contribution in [3.05, 3.63) is 29.8 Å². The van der Waals surface area contributed by atoms with Crippen LogP contribution in [-0.4, -0.2) is 55.2 Å². The minimum atomic E-state index is -0.887. The van der Waals surface area contributed by atoms with E-state index < -0.39 is 12.1 Å². The van der Waals surface area contributed by atoms with Gasteiger partial charge in [0.05, 0.1) is 24.7 Å². The van der Waals surface area contributed by atoms with Crippen LogP contribution in [-0.2, 0) is 19.1 Å². The first kappa shape index (κ1) is 22.7. The van der Waals surface area contributed by atoms with Gasteiger partial charge in [-0.25, -0.2) is 4.79 Å². The average Bonchev–Trinajstić information content (AvgIpc) is 2.74. The Bertz CT molecular complexity index is 679. The van der Waals surface area contributed by atoms with Gasteiger partial charge in [0, 0.05) is 13.1 Å². The third-order valence-corrected chi connectivity index (χ3v) is 4.91. The molecule has 0 aromatic heterocycles. The fraction of sp³-hybridized carbons (Fsp3) is 0.591. The van der Waals surface area contributed by atoms with Crippen molar-refractivity contribution in [3.63, 3.8) is 0 Å². The van der Waals surface area contributed by atoms with Crippen molar-refractivity contribution < 1.29 is 28.6 Å². The first-order chi connectivity index (χ1) is 14.0. The van der Waals surface area contributed by atoms with Crippen molar-refractivity contribution in [2.24, 2.45) is 5.92 Å². The number of hydrogen-bond donors (Lipinski definition) is 0. The van der Waals surface area contributed by atoms with Crippen LogP contribution >= 0.6 is 0 Å². The summed E-state index contributed by atoms with van der Waals surface area (Å²) in [5.41, 5.74) is 0.369. The van der Waals surface area contributed by atoms with Gasteiger partial charge in [-0.15, -0.1) is 0 Å². The van der Waals surface area contributed by atoms with Crippen LogP contribution in [0.15, 0.2) is 24.3 Å². The molecule has 2 rings (SSSR count). The summed E-state index contributed by atoms with van der Waals surface area (Å²) in [6, 6.07) is 6.70. The third-order valence-electron chi connectivity index (χ3n) is 4.91. The molecule has 160 valence electrons. The molecule has 1 aliphatic heterocycles. The lowest BCUT2D eigenvalue weighted by Gasteiger charge is -2.32. The van der Waals surface area contributed by atoms with E-state index in [9.17, 15) is 14.4 Å². The highest BCUT2D eigenvalue weighted by Gasteiger charge is 2.31. The van der Waals surface area contributed by atoms with Crippen molar-refractivity contribution in [1.82, 2.24) is 4.90 Å². The molecule has 1 atom stereocenters. The van der Waals surface area contributed by atoms with Crippen molar-refractivity contribution in [1.29, 1.82) is 0 Å². The molecule has 1 amide bonds. The third kappa shape index (κ3) is 6.76. The second-order valence-electron chi connectivity index (χ2n) is 7.13. The van der Waals surface area contributed by atoms with E-state index in [2.05, 4.69) is 6.92 Å². The molecule has 0 spiro atoms. The zero-order valence-corrected chi connectivity index (χ0v) is 17.5. The quantitative estimate of drug-likeness (QED) is 0.463. The molecular formula is C22H31NO6. The predicted molar refractivity (Wildman–Crippen MR) is 108 cm³/mol. The van der Waals surface area contributed by atoms with E-state index in [0.29, 0.717) is 50.5 Å². The van der Waals surface area contributed by atoms with Crippen molar-refractivity contribution in [2.75, 3.05) is 26.3 Å². The largest absolute Gasteiger partial charge is 0.494 e. The Balaban J connectivity index is 1.81. The Kier molecular flexibility index (Phi) is 8.96. The number of benzene rings is 1. The normalized spacial score (nSPS) is 15.5. The van der Waals surface area contributed by atoms with E-state index in [4.69, 9.17) is 14.2 Å². The maximum atomic E-state index is 12.6. The lowest BCUT2D eigenvalue weighted by molar-refractivity contribution is -0.152. The van der Waals surface area contributed by atoms with Crippen LogP contribution in [0.3, 0.4) is 0 Å². The summed E-state index contributed by atoms with van der Waals surface area (Å²) in [6.45, 7) is 7.34. The molecule has 0 radical (unpaired) electrons. The summed E-state index contributed by atoms with van der Waals surface area (Å²) in [4.78, 5) is 38.4. The fourth-order valence-electron chi connectivity index (χ4n) is 3.15. The monoisotopic (exact) mass is 405 g/mol. The number of hydrogen-bond acceptors (Lipinski definition) is 6. The summed E-state index contributed by atoms with van der Waals surface area (Å²) in [6.07, 6.45) is 2.26. The molecule has 1 heterocycles. The molecule has 0 N–H and O–H groups in total. The minimum absolute atomic E-state index is 0.171. The van der Waals surface area contributed by atoms with Gasteiger partial charge in [-0.1, -0.05) is 13.3 Å². The van der Waals surface area contributed by atoms with Crippen molar-refractivity contribution in [3.8, 4) is 5.75 Å². The Morgan fingerprint density at radius 3 is 2.34 bits per heavy atom. The Morgan fingerprint density at radius 2 is 1.76 bits per heavy atom. The van der Waals surface area contributed by atoms with Crippen LogP contribution in [0.4, 0.5) is 0 Å². The lowest BCUT2D eigenvalue weighted by atomic mass is 9.97.